The molecule has 0 aromatic heterocycles. The second-order valence-corrected chi connectivity index (χ2v) is 6.47. The largest absolute Gasteiger partial charge is 0.381 e. The quantitative estimate of drug-likeness (QED) is 0.790. The number of hydrogen-bond acceptors (Lipinski definition) is 2. The van der Waals surface area contributed by atoms with Gasteiger partial charge in [0.2, 0.25) is 0 Å². The van der Waals surface area contributed by atoms with E-state index in [-0.39, 0.29) is 11.2 Å². The molecule has 0 bridgehead atoms. The highest BCUT2D eigenvalue weighted by Crippen LogP contribution is 2.36. The van der Waals surface area contributed by atoms with Crippen LogP contribution in [0.1, 0.15) is 31.7 Å². The van der Waals surface area contributed by atoms with Crippen LogP contribution in [0.3, 0.4) is 0 Å². The van der Waals surface area contributed by atoms with Crippen molar-refractivity contribution in [1.29, 1.82) is 0 Å². The molecule has 1 aliphatic rings. The van der Waals surface area contributed by atoms with Gasteiger partial charge in [-0.25, -0.2) is 4.39 Å². The molecule has 1 heterocycles. The lowest BCUT2D eigenvalue weighted by Crippen LogP contribution is -2.41. The van der Waals surface area contributed by atoms with Crippen molar-refractivity contribution in [3.8, 4) is 0 Å². The molecule has 1 saturated heterocycles. The first kappa shape index (κ1) is 15.9. The number of benzene rings is 1. The maximum Gasteiger partial charge on any atom is 0.137 e. The maximum absolute atomic E-state index is 13.7. The Morgan fingerprint density at radius 1 is 1.35 bits per heavy atom. The molecule has 0 saturated carbocycles. The summed E-state index contributed by atoms with van der Waals surface area (Å²) in [6.45, 7) is 5.80. The Morgan fingerprint density at radius 3 is 2.80 bits per heavy atom. The van der Waals surface area contributed by atoms with Crippen molar-refractivity contribution in [3.63, 3.8) is 0 Å². The molecule has 0 unspecified atom stereocenters. The molecule has 1 aliphatic heterocycles. The molecule has 2 rings (SSSR count). The van der Waals surface area contributed by atoms with Crippen LogP contribution >= 0.6 is 15.9 Å². The van der Waals surface area contributed by atoms with Gasteiger partial charge in [-0.15, -0.1) is 0 Å². The zero-order valence-electron chi connectivity index (χ0n) is 12.1. The van der Waals surface area contributed by atoms with Gasteiger partial charge >= 0.3 is 0 Å². The van der Waals surface area contributed by atoms with Crippen LogP contribution in [0.4, 0.5) is 4.39 Å². The van der Waals surface area contributed by atoms with E-state index in [9.17, 15) is 4.39 Å². The fourth-order valence-electron chi connectivity index (χ4n) is 2.84. The fraction of sp³-hybridized carbons (Fsp3) is 0.625. The van der Waals surface area contributed by atoms with Gasteiger partial charge in [0.1, 0.15) is 5.82 Å². The highest BCUT2D eigenvalue weighted by molar-refractivity contribution is 9.10. The number of halogens is 2. The summed E-state index contributed by atoms with van der Waals surface area (Å²) in [4.78, 5) is 0. The van der Waals surface area contributed by atoms with Crippen molar-refractivity contribution in [2.24, 2.45) is 5.41 Å². The summed E-state index contributed by atoms with van der Waals surface area (Å²) in [5.74, 6) is -0.175. The van der Waals surface area contributed by atoms with E-state index in [1.165, 1.54) is 6.07 Å². The van der Waals surface area contributed by atoms with Crippen molar-refractivity contribution in [3.05, 3.63) is 34.1 Å². The molecule has 1 fully saturated rings. The molecule has 2 nitrogen and oxygen atoms in total. The van der Waals surface area contributed by atoms with Gasteiger partial charge in [-0.1, -0.05) is 19.1 Å². The minimum Gasteiger partial charge on any atom is -0.381 e. The van der Waals surface area contributed by atoms with Crippen molar-refractivity contribution in [2.75, 3.05) is 26.3 Å². The molecule has 20 heavy (non-hydrogen) atoms. The number of hydrogen-bond donors (Lipinski definition) is 1. The molecule has 0 amide bonds. The monoisotopic (exact) mass is 343 g/mol. The van der Waals surface area contributed by atoms with Crippen LogP contribution in [-0.4, -0.2) is 26.3 Å². The van der Waals surface area contributed by atoms with Gasteiger partial charge in [0.25, 0.3) is 0 Å². The van der Waals surface area contributed by atoms with E-state index in [2.05, 4.69) is 28.2 Å². The van der Waals surface area contributed by atoms with Crippen LogP contribution in [0.2, 0.25) is 0 Å². The van der Waals surface area contributed by atoms with Gasteiger partial charge in [0.05, 0.1) is 4.47 Å². The Kier molecular flexibility index (Phi) is 6.00. The molecule has 112 valence electrons. The highest BCUT2D eigenvalue weighted by atomic mass is 79.9. The van der Waals surface area contributed by atoms with Gasteiger partial charge in [-0.05, 0) is 65.2 Å². The average molecular weight is 344 g/mol. The van der Waals surface area contributed by atoms with E-state index in [0.29, 0.717) is 4.47 Å². The van der Waals surface area contributed by atoms with Gasteiger partial charge in [-0.2, -0.15) is 0 Å². The van der Waals surface area contributed by atoms with Crippen molar-refractivity contribution in [1.82, 2.24) is 5.32 Å². The molecule has 1 aromatic rings. The topological polar surface area (TPSA) is 21.3 Å². The van der Waals surface area contributed by atoms with E-state index in [1.54, 1.807) is 6.07 Å². The molecule has 0 aliphatic carbocycles. The normalized spacial score (nSPS) is 18.1. The van der Waals surface area contributed by atoms with Crippen LogP contribution in [0.25, 0.3) is 0 Å². The van der Waals surface area contributed by atoms with E-state index < -0.39 is 0 Å². The zero-order chi connectivity index (χ0) is 14.4. The van der Waals surface area contributed by atoms with Crippen LogP contribution in [0, 0.1) is 11.2 Å². The summed E-state index contributed by atoms with van der Waals surface area (Å²) in [6.07, 6.45) is 4.10. The van der Waals surface area contributed by atoms with E-state index >= 15 is 0 Å². The lowest BCUT2D eigenvalue weighted by molar-refractivity contribution is 0.0149. The molecule has 0 atom stereocenters. The van der Waals surface area contributed by atoms with Crippen LogP contribution in [0.15, 0.2) is 22.7 Å². The summed E-state index contributed by atoms with van der Waals surface area (Å²) < 4.78 is 19.8. The summed E-state index contributed by atoms with van der Waals surface area (Å²) >= 11 is 3.39. The summed E-state index contributed by atoms with van der Waals surface area (Å²) in [5, 5.41) is 3.54. The first-order chi connectivity index (χ1) is 9.67. The van der Waals surface area contributed by atoms with E-state index in [4.69, 9.17) is 4.74 Å². The maximum atomic E-state index is 13.7. The van der Waals surface area contributed by atoms with Crippen LogP contribution in [0.5, 0.6) is 0 Å². The minimum absolute atomic E-state index is 0.175. The predicted molar refractivity (Wildman–Crippen MR) is 83.5 cm³/mol. The number of ether oxygens (including phenoxy) is 1. The molecule has 0 spiro atoms. The fourth-order valence-corrected chi connectivity index (χ4v) is 3.24. The van der Waals surface area contributed by atoms with Crippen molar-refractivity contribution >= 4 is 15.9 Å². The first-order valence-electron chi connectivity index (χ1n) is 7.38. The third-order valence-electron chi connectivity index (χ3n) is 4.08. The average Bonchev–Trinajstić information content (AvgIpc) is 2.45. The Morgan fingerprint density at radius 2 is 2.10 bits per heavy atom. The predicted octanol–water partition coefficient (Wildman–Crippen LogP) is 3.93. The third-order valence-corrected chi connectivity index (χ3v) is 4.97. The Bertz CT molecular complexity index is 432. The summed E-state index contributed by atoms with van der Waals surface area (Å²) in [5.41, 5.74) is 1.24. The Labute approximate surface area is 129 Å². The first-order valence-corrected chi connectivity index (χ1v) is 8.17. The third kappa shape index (κ3) is 4.03. The molecule has 1 aromatic carbocycles. The summed E-state index contributed by atoms with van der Waals surface area (Å²) in [7, 11) is 0. The molecular weight excluding hydrogens is 321 g/mol. The number of nitrogens with one attached hydrogen (secondary N) is 1. The lowest BCUT2D eigenvalue weighted by Gasteiger charge is -2.38. The molecule has 1 N–H and O–H groups in total. The SMILES string of the molecule is CCCNCC1(Cc2cccc(F)c2Br)CCOCC1. The van der Waals surface area contributed by atoms with Crippen molar-refractivity contribution < 1.29 is 9.13 Å². The zero-order valence-corrected chi connectivity index (χ0v) is 13.6. The standard InChI is InChI=1S/C16H23BrFNO/c1-2-8-19-12-16(6-9-20-10-7-16)11-13-4-3-5-14(18)15(13)17/h3-5,19H,2,6-12H2,1H3. The van der Waals surface area contributed by atoms with Gasteiger partial charge in [0.15, 0.2) is 0 Å². The van der Waals surface area contributed by atoms with Crippen LogP contribution in [-0.2, 0) is 11.2 Å². The van der Waals surface area contributed by atoms with Gasteiger partial charge in [0, 0.05) is 19.8 Å². The van der Waals surface area contributed by atoms with Crippen LogP contribution < -0.4 is 5.32 Å². The summed E-state index contributed by atoms with van der Waals surface area (Å²) in [6, 6.07) is 5.31. The highest BCUT2D eigenvalue weighted by Gasteiger charge is 2.33. The molecule has 0 radical (unpaired) electrons. The second-order valence-electron chi connectivity index (χ2n) is 5.68. The van der Waals surface area contributed by atoms with E-state index in [1.807, 2.05) is 6.07 Å². The lowest BCUT2D eigenvalue weighted by atomic mass is 9.75. The van der Waals surface area contributed by atoms with Gasteiger partial charge < -0.3 is 10.1 Å². The smallest absolute Gasteiger partial charge is 0.137 e. The van der Waals surface area contributed by atoms with Gasteiger partial charge in [-0.3, -0.25) is 0 Å². The van der Waals surface area contributed by atoms with Crippen molar-refractivity contribution in [2.45, 2.75) is 32.6 Å². The number of rotatable bonds is 6. The molecular formula is C16H23BrFNO. The minimum atomic E-state index is -0.175. The van der Waals surface area contributed by atoms with E-state index in [0.717, 1.165) is 57.6 Å². The second kappa shape index (κ2) is 7.53. The Hall–Kier alpha value is -0.450. The Balaban J connectivity index is 2.12. The molecule has 4 heteroatoms.